The first-order chi connectivity index (χ1) is 4.37. The van der Waals surface area contributed by atoms with Gasteiger partial charge in [-0.1, -0.05) is 0 Å². The van der Waals surface area contributed by atoms with E-state index in [0.717, 1.165) is 13.8 Å². The Hall–Kier alpha value is -0.900. The summed E-state index contributed by atoms with van der Waals surface area (Å²) in [6, 6.07) is 0. The largest absolute Gasteiger partial charge is 0.481 e. The molecule has 0 spiro atoms. The van der Waals surface area contributed by atoms with Crippen LogP contribution in [0.4, 0.5) is 0 Å². The first-order valence-electron chi connectivity index (χ1n) is 2.27. The van der Waals surface area contributed by atoms with Crippen LogP contribution in [-0.2, 0) is 14.4 Å². The average Bonchev–Trinajstić information content (AvgIpc) is 1.63. The Kier molecular flexibility index (Phi) is 7.37. The van der Waals surface area contributed by atoms with Crippen LogP contribution >= 0.6 is 11.6 Å². The van der Waals surface area contributed by atoms with E-state index in [-0.39, 0.29) is 0 Å². The van der Waals surface area contributed by atoms with Gasteiger partial charge in [0, 0.05) is 13.8 Å². The zero-order valence-electron chi connectivity index (χ0n) is 5.55. The number of carbonyl (C=O) groups excluding carboxylic acids is 2. The van der Waals surface area contributed by atoms with Crippen LogP contribution in [0.15, 0.2) is 0 Å². The van der Waals surface area contributed by atoms with Crippen molar-refractivity contribution in [3.63, 3.8) is 0 Å². The standard InChI is InChI=1S/C3H3ClO2.C2H4O2/c1-2(5)3(4)6;1-2(3)4/h1H3;1H3,(H,3,4). The van der Waals surface area contributed by atoms with Crippen LogP contribution in [0.1, 0.15) is 13.8 Å². The molecule has 58 valence electrons. The summed E-state index contributed by atoms with van der Waals surface area (Å²) in [5.41, 5.74) is 0. The second kappa shape index (κ2) is 6.22. The van der Waals surface area contributed by atoms with Crippen molar-refractivity contribution in [1.29, 1.82) is 0 Å². The number of Topliss-reactive ketones (excluding diaryl/α,β-unsaturated/α-hetero) is 1. The molecule has 0 aromatic heterocycles. The van der Waals surface area contributed by atoms with E-state index in [0.29, 0.717) is 0 Å². The monoisotopic (exact) mass is 166 g/mol. The van der Waals surface area contributed by atoms with Gasteiger partial charge in [0.25, 0.3) is 11.2 Å². The third-order valence-electron chi connectivity index (χ3n) is 0.277. The fraction of sp³-hybridized carbons (Fsp3) is 0.400. The number of hydrogen-bond donors (Lipinski definition) is 1. The number of halogens is 1. The molecule has 0 fully saturated rings. The van der Waals surface area contributed by atoms with Crippen LogP contribution in [0.5, 0.6) is 0 Å². The summed E-state index contributed by atoms with van der Waals surface area (Å²) in [5.74, 6) is -1.45. The Labute approximate surface area is 62.8 Å². The first-order valence-corrected chi connectivity index (χ1v) is 2.65. The quantitative estimate of drug-likeness (QED) is 0.453. The molecular formula is C5H7ClO4. The average molecular weight is 167 g/mol. The predicted molar refractivity (Wildman–Crippen MR) is 34.9 cm³/mol. The Morgan fingerprint density at radius 2 is 1.30 bits per heavy atom. The number of rotatable bonds is 1. The number of aliphatic carboxylic acids is 1. The Morgan fingerprint density at radius 3 is 1.30 bits per heavy atom. The van der Waals surface area contributed by atoms with Gasteiger partial charge in [-0.25, -0.2) is 0 Å². The molecule has 10 heavy (non-hydrogen) atoms. The molecule has 5 heteroatoms. The lowest BCUT2D eigenvalue weighted by atomic mass is 10.5. The normalized spacial score (nSPS) is 7.10. The molecule has 0 atom stereocenters. The third kappa shape index (κ3) is 27.5. The maximum atomic E-state index is 9.66. The number of carbonyl (C=O) groups is 3. The van der Waals surface area contributed by atoms with E-state index in [4.69, 9.17) is 9.90 Å². The highest BCUT2D eigenvalue weighted by Crippen LogP contribution is 1.77. The molecule has 0 aromatic rings. The van der Waals surface area contributed by atoms with Gasteiger partial charge >= 0.3 is 0 Å². The van der Waals surface area contributed by atoms with Crippen molar-refractivity contribution < 1.29 is 19.5 Å². The van der Waals surface area contributed by atoms with Crippen LogP contribution in [0.2, 0.25) is 0 Å². The van der Waals surface area contributed by atoms with Crippen LogP contribution in [0.3, 0.4) is 0 Å². The smallest absolute Gasteiger partial charge is 0.300 e. The van der Waals surface area contributed by atoms with Gasteiger partial charge in [0.05, 0.1) is 0 Å². The van der Waals surface area contributed by atoms with Crippen molar-refractivity contribution in [2.45, 2.75) is 13.8 Å². The van der Waals surface area contributed by atoms with Crippen LogP contribution in [0, 0.1) is 0 Å². The number of carboxylic acids is 1. The van der Waals surface area contributed by atoms with Gasteiger partial charge in [0.2, 0.25) is 5.78 Å². The molecule has 0 aliphatic heterocycles. The van der Waals surface area contributed by atoms with Crippen molar-refractivity contribution in [2.75, 3.05) is 0 Å². The third-order valence-corrected chi connectivity index (χ3v) is 0.543. The molecule has 0 radical (unpaired) electrons. The predicted octanol–water partition coefficient (Wildman–Crippen LogP) is 0.432. The highest BCUT2D eigenvalue weighted by atomic mass is 35.5. The van der Waals surface area contributed by atoms with Gasteiger partial charge in [0.1, 0.15) is 0 Å². The van der Waals surface area contributed by atoms with Crippen molar-refractivity contribution in [2.24, 2.45) is 0 Å². The Morgan fingerprint density at radius 1 is 1.20 bits per heavy atom. The minimum Gasteiger partial charge on any atom is -0.481 e. The summed E-state index contributed by atoms with van der Waals surface area (Å²) in [4.78, 5) is 28.2. The molecule has 0 aromatic carbocycles. The molecule has 0 saturated heterocycles. The van der Waals surface area contributed by atoms with E-state index in [9.17, 15) is 9.59 Å². The number of hydrogen-bond acceptors (Lipinski definition) is 3. The van der Waals surface area contributed by atoms with E-state index in [2.05, 4.69) is 11.6 Å². The molecule has 0 saturated carbocycles. The van der Waals surface area contributed by atoms with Crippen LogP contribution in [0.25, 0.3) is 0 Å². The van der Waals surface area contributed by atoms with Crippen LogP contribution in [-0.4, -0.2) is 22.1 Å². The summed E-state index contributed by atoms with van der Waals surface area (Å²) in [5, 5.41) is 6.51. The molecule has 0 aliphatic carbocycles. The number of ketones is 1. The fourth-order valence-electron chi connectivity index (χ4n) is 0. The second-order valence-electron chi connectivity index (χ2n) is 1.35. The second-order valence-corrected chi connectivity index (χ2v) is 1.69. The fourth-order valence-corrected chi connectivity index (χ4v) is 0. The minimum atomic E-state index is -0.907. The highest BCUT2D eigenvalue weighted by molar-refractivity contribution is 6.80. The van der Waals surface area contributed by atoms with Gasteiger partial charge in [0.15, 0.2) is 0 Å². The molecule has 0 heterocycles. The lowest BCUT2D eigenvalue weighted by molar-refractivity contribution is -0.134. The van der Waals surface area contributed by atoms with E-state index in [1.165, 1.54) is 0 Å². The SMILES string of the molecule is CC(=O)C(=O)Cl.CC(=O)O. The van der Waals surface area contributed by atoms with Crippen LogP contribution < -0.4 is 0 Å². The zero-order chi connectivity index (χ0) is 8.73. The summed E-state index contributed by atoms with van der Waals surface area (Å²) in [6.07, 6.45) is 0. The van der Waals surface area contributed by atoms with E-state index in [1.807, 2.05) is 0 Å². The molecular weight excluding hydrogens is 160 g/mol. The molecule has 0 aliphatic rings. The van der Waals surface area contributed by atoms with Crippen molar-refractivity contribution in [3.05, 3.63) is 0 Å². The van der Waals surface area contributed by atoms with E-state index in [1.54, 1.807) is 0 Å². The van der Waals surface area contributed by atoms with Crippen molar-refractivity contribution in [3.8, 4) is 0 Å². The summed E-state index contributed by atoms with van der Waals surface area (Å²) < 4.78 is 0. The first kappa shape index (κ1) is 11.8. The summed E-state index contributed by atoms with van der Waals surface area (Å²) >= 11 is 4.62. The topological polar surface area (TPSA) is 71.4 Å². The Balaban J connectivity index is 0. The van der Waals surface area contributed by atoms with Gasteiger partial charge < -0.3 is 5.11 Å². The molecule has 1 N–H and O–H groups in total. The van der Waals surface area contributed by atoms with Gasteiger partial charge in [-0.3, -0.25) is 14.4 Å². The van der Waals surface area contributed by atoms with E-state index < -0.39 is 17.0 Å². The van der Waals surface area contributed by atoms with Gasteiger partial charge in [-0.15, -0.1) is 0 Å². The molecule has 4 nitrogen and oxygen atoms in total. The highest BCUT2D eigenvalue weighted by Gasteiger charge is 1.98. The molecule has 0 rings (SSSR count). The zero-order valence-corrected chi connectivity index (χ0v) is 6.31. The molecule has 0 amide bonds. The van der Waals surface area contributed by atoms with Gasteiger partial charge in [-0.05, 0) is 11.6 Å². The maximum Gasteiger partial charge on any atom is 0.300 e. The minimum absolute atomic E-state index is 0.614. The molecule has 0 bridgehead atoms. The lowest BCUT2D eigenvalue weighted by Crippen LogP contribution is -1.98. The Bertz CT molecular complexity index is 136. The summed E-state index contributed by atoms with van der Waals surface area (Å²) in [7, 11) is 0. The summed E-state index contributed by atoms with van der Waals surface area (Å²) in [6.45, 7) is 2.20. The van der Waals surface area contributed by atoms with Crippen molar-refractivity contribution in [1.82, 2.24) is 0 Å². The maximum absolute atomic E-state index is 9.66. The van der Waals surface area contributed by atoms with E-state index >= 15 is 0 Å². The van der Waals surface area contributed by atoms with Gasteiger partial charge in [-0.2, -0.15) is 0 Å². The lowest BCUT2D eigenvalue weighted by Gasteiger charge is -1.70. The molecule has 0 unspecified atom stereocenters. The number of carboxylic acid groups (broad SMARTS) is 1. The van der Waals surface area contributed by atoms with Crippen molar-refractivity contribution >= 4 is 28.6 Å².